The standard InChI is InChI=1S/C22H38N2O19S/c1-6(27)23-11-16(32)13(29)8(3-25)40-21(11)38-5-10-15(31)18(12(20(34)39-10)24-7(2)28)42-22-17(33)19(43-44(35,36)37)14(30)9(4-26)41-22/h8-22,25-26,29-34H,3-5H2,1-2H3,(H,23,27)(H,24,28)(H,35,36,37)/t8-,9-,10-,11-,12-,13-,14+,15+,16-,17-,18-,19+,20?,21-,22+/m1/s1. The Bertz CT molecular complexity index is 1080. The maximum atomic E-state index is 11.9. The summed E-state index contributed by atoms with van der Waals surface area (Å²) in [7, 11) is -5.26. The number of hydrogen-bond donors (Lipinski definition) is 11. The number of rotatable bonds is 11. The number of carbonyl (C=O) groups excluding carboxylic acids is 2. The van der Waals surface area contributed by atoms with Gasteiger partial charge in [-0.15, -0.1) is 0 Å². The zero-order chi connectivity index (χ0) is 33.1. The molecule has 44 heavy (non-hydrogen) atoms. The van der Waals surface area contributed by atoms with Crippen LogP contribution in [0.25, 0.3) is 0 Å². The molecule has 2 amide bonds. The summed E-state index contributed by atoms with van der Waals surface area (Å²) in [5, 5.41) is 87.1. The minimum absolute atomic E-state index is 0.648. The van der Waals surface area contributed by atoms with Gasteiger partial charge in [-0.1, -0.05) is 0 Å². The molecule has 3 saturated heterocycles. The second-order valence-electron chi connectivity index (χ2n) is 10.3. The normalized spacial score (nSPS) is 43.3. The maximum absolute atomic E-state index is 11.9. The average Bonchev–Trinajstić information content (AvgIpc) is 2.93. The third-order valence-electron chi connectivity index (χ3n) is 7.08. The summed E-state index contributed by atoms with van der Waals surface area (Å²) in [6, 6.07) is -2.95. The lowest BCUT2D eigenvalue weighted by molar-refractivity contribution is -0.344. The van der Waals surface area contributed by atoms with Gasteiger partial charge in [0.25, 0.3) is 0 Å². The first-order valence-electron chi connectivity index (χ1n) is 13.2. The Balaban J connectivity index is 1.84. The second-order valence-corrected chi connectivity index (χ2v) is 11.4. The van der Waals surface area contributed by atoms with Crippen LogP contribution < -0.4 is 10.6 Å². The van der Waals surface area contributed by atoms with Crippen LogP contribution in [0.15, 0.2) is 0 Å². The number of aliphatic hydroxyl groups is 8. The lowest BCUT2D eigenvalue weighted by Crippen LogP contribution is -2.68. The van der Waals surface area contributed by atoms with E-state index in [1.807, 2.05) is 0 Å². The van der Waals surface area contributed by atoms with E-state index >= 15 is 0 Å². The van der Waals surface area contributed by atoms with Crippen LogP contribution in [0.2, 0.25) is 0 Å². The molecule has 0 saturated carbocycles. The van der Waals surface area contributed by atoms with Gasteiger partial charge in [0.1, 0.15) is 73.1 Å². The SMILES string of the molecule is CC(=O)N[C@H]1[C@H](OC[C@H]2OC(O)[C@H](NC(C)=O)[C@@H](O[C@@H]3O[C@H](CO)[C@H](O)[C@H](OS(=O)(=O)O)[C@H]3O)[C@H]2O)O[C@H](CO)[C@@H](O)[C@@H]1O. The van der Waals surface area contributed by atoms with Gasteiger partial charge in [-0.05, 0) is 0 Å². The Hall–Kier alpha value is -1.71. The van der Waals surface area contributed by atoms with Crippen LogP contribution in [0, 0.1) is 0 Å². The van der Waals surface area contributed by atoms with Crippen molar-refractivity contribution in [1.29, 1.82) is 0 Å². The highest BCUT2D eigenvalue weighted by molar-refractivity contribution is 7.80. The molecule has 11 N–H and O–H groups in total. The van der Waals surface area contributed by atoms with E-state index in [1.165, 1.54) is 0 Å². The smallest absolute Gasteiger partial charge is 0.394 e. The van der Waals surface area contributed by atoms with Gasteiger partial charge >= 0.3 is 10.4 Å². The first-order valence-corrected chi connectivity index (χ1v) is 14.6. The third-order valence-corrected chi connectivity index (χ3v) is 7.55. The molecule has 0 aromatic heterocycles. The second kappa shape index (κ2) is 15.3. The highest BCUT2D eigenvalue weighted by atomic mass is 32.3. The number of aliphatic hydroxyl groups excluding tert-OH is 8. The van der Waals surface area contributed by atoms with Gasteiger partial charge < -0.3 is 75.2 Å². The van der Waals surface area contributed by atoms with E-state index in [-0.39, 0.29) is 0 Å². The number of ether oxygens (including phenoxy) is 5. The summed E-state index contributed by atoms with van der Waals surface area (Å²) in [6.45, 7) is -0.249. The van der Waals surface area contributed by atoms with E-state index in [0.29, 0.717) is 0 Å². The molecule has 22 heteroatoms. The molecule has 256 valence electrons. The summed E-state index contributed by atoms with van der Waals surface area (Å²) in [5.41, 5.74) is 0. The lowest BCUT2D eigenvalue weighted by atomic mass is 9.95. The van der Waals surface area contributed by atoms with Crippen LogP contribution in [0.1, 0.15) is 13.8 Å². The largest absolute Gasteiger partial charge is 0.397 e. The van der Waals surface area contributed by atoms with Crippen LogP contribution >= 0.6 is 0 Å². The molecule has 1 unspecified atom stereocenters. The van der Waals surface area contributed by atoms with Crippen molar-refractivity contribution >= 4 is 22.2 Å². The molecule has 3 aliphatic heterocycles. The first kappa shape index (κ1) is 36.8. The van der Waals surface area contributed by atoms with Gasteiger partial charge in [-0.2, -0.15) is 8.42 Å². The minimum atomic E-state index is -5.26. The molecule has 3 heterocycles. The lowest BCUT2D eigenvalue weighted by Gasteiger charge is -2.47. The number of nitrogens with one attached hydrogen (secondary N) is 2. The molecule has 3 aliphatic rings. The molecule has 0 aromatic rings. The Labute approximate surface area is 250 Å². The van der Waals surface area contributed by atoms with Crippen molar-refractivity contribution in [2.75, 3.05) is 19.8 Å². The van der Waals surface area contributed by atoms with Crippen molar-refractivity contribution in [3.05, 3.63) is 0 Å². The van der Waals surface area contributed by atoms with Crippen molar-refractivity contribution in [3.8, 4) is 0 Å². The van der Waals surface area contributed by atoms with Crippen molar-refractivity contribution in [1.82, 2.24) is 10.6 Å². The summed E-state index contributed by atoms with van der Waals surface area (Å²) in [4.78, 5) is 23.5. The number of carbonyl (C=O) groups is 2. The van der Waals surface area contributed by atoms with Gasteiger partial charge in [0.2, 0.25) is 11.8 Å². The minimum Gasteiger partial charge on any atom is -0.394 e. The first-order chi connectivity index (χ1) is 20.5. The zero-order valence-corrected chi connectivity index (χ0v) is 24.1. The van der Waals surface area contributed by atoms with Gasteiger partial charge in [0.05, 0.1) is 19.8 Å². The van der Waals surface area contributed by atoms with Gasteiger partial charge in [-0.25, -0.2) is 4.18 Å². The van der Waals surface area contributed by atoms with Gasteiger partial charge in [0.15, 0.2) is 18.9 Å². The van der Waals surface area contributed by atoms with Crippen molar-refractivity contribution in [2.24, 2.45) is 0 Å². The molecular formula is C22H38N2O19S. The zero-order valence-electron chi connectivity index (χ0n) is 23.3. The number of hydrogen-bond acceptors (Lipinski definition) is 18. The van der Waals surface area contributed by atoms with Crippen LogP contribution in [0.4, 0.5) is 0 Å². The van der Waals surface area contributed by atoms with Crippen LogP contribution in [-0.4, -0.2) is 177 Å². The summed E-state index contributed by atoms with van der Waals surface area (Å²) < 4.78 is 63.3. The summed E-state index contributed by atoms with van der Waals surface area (Å²) in [6.07, 6.45) is -23.3. The molecule has 0 bridgehead atoms. The fourth-order valence-electron chi connectivity index (χ4n) is 5.00. The fraction of sp³-hybridized carbons (Fsp3) is 0.909. The summed E-state index contributed by atoms with van der Waals surface area (Å²) >= 11 is 0. The van der Waals surface area contributed by atoms with Crippen LogP contribution in [-0.2, 0) is 47.9 Å². The van der Waals surface area contributed by atoms with E-state index in [4.69, 9.17) is 28.2 Å². The van der Waals surface area contributed by atoms with E-state index < -0.39 is 134 Å². The van der Waals surface area contributed by atoms with E-state index in [2.05, 4.69) is 14.8 Å². The Morgan fingerprint density at radius 1 is 0.705 bits per heavy atom. The Morgan fingerprint density at radius 2 is 1.23 bits per heavy atom. The van der Waals surface area contributed by atoms with E-state index in [9.17, 15) is 58.9 Å². The quantitative estimate of drug-likeness (QED) is 0.0912. The molecule has 21 nitrogen and oxygen atoms in total. The third kappa shape index (κ3) is 8.75. The van der Waals surface area contributed by atoms with Crippen LogP contribution in [0.5, 0.6) is 0 Å². The molecule has 0 aromatic carbocycles. The molecule has 3 fully saturated rings. The van der Waals surface area contributed by atoms with E-state index in [0.717, 1.165) is 13.8 Å². The van der Waals surface area contributed by atoms with Crippen molar-refractivity contribution in [2.45, 2.75) is 106 Å². The highest BCUT2D eigenvalue weighted by Gasteiger charge is 2.53. The average molecular weight is 667 g/mol. The Kier molecular flexibility index (Phi) is 12.7. The van der Waals surface area contributed by atoms with Crippen LogP contribution in [0.3, 0.4) is 0 Å². The molecule has 3 rings (SSSR count). The molecular weight excluding hydrogens is 628 g/mol. The van der Waals surface area contributed by atoms with Gasteiger partial charge in [0, 0.05) is 13.8 Å². The highest BCUT2D eigenvalue weighted by Crippen LogP contribution is 2.31. The molecule has 0 spiro atoms. The maximum Gasteiger partial charge on any atom is 0.397 e. The van der Waals surface area contributed by atoms with Crippen molar-refractivity contribution in [3.63, 3.8) is 0 Å². The summed E-state index contributed by atoms with van der Waals surface area (Å²) in [5.74, 6) is -1.39. The Morgan fingerprint density at radius 3 is 1.77 bits per heavy atom. The topological polar surface area (TPSA) is 330 Å². The predicted octanol–water partition coefficient (Wildman–Crippen LogP) is -7.46. The van der Waals surface area contributed by atoms with Crippen molar-refractivity contribution < 1.29 is 91.3 Å². The molecule has 0 radical (unpaired) electrons. The van der Waals surface area contributed by atoms with Gasteiger partial charge in [-0.3, -0.25) is 14.1 Å². The monoisotopic (exact) mass is 666 g/mol. The molecule has 0 aliphatic carbocycles. The number of amides is 2. The van der Waals surface area contributed by atoms with E-state index in [1.54, 1.807) is 0 Å². The molecule has 15 atom stereocenters. The fourth-order valence-corrected chi connectivity index (χ4v) is 5.51. The predicted molar refractivity (Wildman–Crippen MR) is 135 cm³/mol.